The summed E-state index contributed by atoms with van der Waals surface area (Å²) < 4.78 is 10.4. The summed E-state index contributed by atoms with van der Waals surface area (Å²) in [5.41, 5.74) is -1.13. The van der Waals surface area contributed by atoms with Crippen molar-refractivity contribution >= 4 is 36.5 Å². The monoisotopic (exact) mass is 447 g/mol. The molecule has 1 aliphatic rings. The molecule has 0 atom stereocenters. The zero-order chi connectivity index (χ0) is 17.2. The van der Waals surface area contributed by atoms with Crippen LogP contribution in [0.1, 0.15) is 66.7 Å². The number of amides is 1. The number of hydrogen-bond acceptors (Lipinski definition) is 5. The number of halogens is 1. The minimum atomic E-state index is -0.654. The third-order valence-electron chi connectivity index (χ3n) is 3.33. The fourth-order valence-corrected chi connectivity index (χ4v) is 2.97. The van der Waals surface area contributed by atoms with Gasteiger partial charge in [-0.1, -0.05) is 13.8 Å². The van der Waals surface area contributed by atoms with Crippen molar-refractivity contribution in [2.45, 2.75) is 84.0 Å². The van der Waals surface area contributed by atoms with Gasteiger partial charge in [-0.05, 0) is 46.5 Å². The van der Waals surface area contributed by atoms with E-state index in [1.807, 2.05) is 34.6 Å². The largest absolute Gasteiger partial charge is 0.444 e. The second-order valence-corrected chi connectivity index (χ2v) is 7.72. The Morgan fingerprint density at radius 3 is 2.36 bits per heavy atom. The van der Waals surface area contributed by atoms with Crippen molar-refractivity contribution in [3.05, 3.63) is 0 Å². The van der Waals surface area contributed by atoms with Gasteiger partial charge >= 0.3 is 6.09 Å². The van der Waals surface area contributed by atoms with Gasteiger partial charge in [-0.15, -0.1) is 0 Å². The van der Waals surface area contributed by atoms with Crippen molar-refractivity contribution in [2.24, 2.45) is 0 Å². The molecule has 1 aliphatic carbocycles. The number of rotatable bonds is 5. The molecule has 1 rings (SSSR count). The number of aliphatic hydroxyl groups is 1. The van der Waals surface area contributed by atoms with Crippen LogP contribution in [0.2, 0.25) is 0 Å². The summed E-state index contributed by atoms with van der Waals surface area (Å²) in [7, 11) is 1.29. The summed E-state index contributed by atoms with van der Waals surface area (Å²) in [6, 6.07) is 0.0880. The van der Waals surface area contributed by atoms with E-state index in [4.69, 9.17) is 8.92 Å². The number of nitrogens with one attached hydrogen (secondary N) is 1. The third-order valence-corrected chi connectivity index (χ3v) is 4.35. The van der Waals surface area contributed by atoms with E-state index in [2.05, 4.69) is 26.5 Å². The normalized spacial score (nSPS) is 25.0. The van der Waals surface area contributed by atoms with Crippen molar-refractivity contribution in [1.29, 1.82) is 0 Å². The Kier molecular flexibility index (Phi) is 11.1. The van der Waals surface area contributed by atoms with Crippen LogP contribution in [0.4, 0.5) is 4.79 Å². The number of hydrogen-bond donors (Lipinski definition) is 2. The summed E-state index contributed by atoms with van der Waals surface area (Å²) in [6.45, 7) is 10.1. The first kappa shape index (κ1) is 22.3. The third kappa shape index (κ3) is 10.1. The average molecular weight is 447 g/mol. The second kappa shape index (κ2) is 10.9. The first-order valence-corrected chi connectivity index (χ1v) is 11.1. The molecule has 7 heteroatoms. The Morgan fingerprint density at radius 2 is 1.91 bits per heavy atom. The standard InChI is InChI=1S/C13H24INO4S.C2H6/c1-12(2,3)19-11(16)15-10-4-6-13(17,7-5-10)8-9-18-20-14;1-2/h10,17H,4-9H2,1-3H3,(H,15,16);1-2H3. The Morgan fingerprint density at radius 1 is 1.36 bits per heavy atom. The highest BCUT2D eigenvalue weighted by molar-refractivity contribution is 14.2. The molecule has 0 bridgehead atoms. The van der Waals surface area contributed by atoms with E-state index in [1.54, 1.807) is 0 Å². The predicted octanol–water partition coefficient (Wildman–Crippen LogP) is 4.62. The van der Waals surface area contributed by atoms with Gasteiger partial charge in [0, 0.05) is 33.7 Å². The Bertz CT molecular complexity index is 315. The number of carbonyl (C=O) groups is 1. The molecule has 0 aromatic heterocycles. The van der Waals surface area contributed by atoms with Gasteiger partial charge in [-0.3, -0.25) is 0 Å². The summed E-state index contributed by atoms with van der Waals surface area (Å²) in [6.07, 6.45) is 3.17. The molecular formula is C15H30INO4S. The molecule has 0 saturated heterocycles. The molecule has 1 amide bonds. The number of carbonyl (C=O) groups excluding carboxylic acids is 1. The van der Waals surface area contributed by atoms with Gasteiger partial charge in [-0.25, -0.2) is 4.79 Å². The van der Waals surface area contributed by atoms with Crippen molar-refractivity contribution < 1.29 is 18.8 Å². The highest BCUT2D eigenvalue weighted by Gasteiger charge is 2.34. The quantitative estimate of drug-likeness (QED) is 0.366. The van der Waals surface area contributed by atoms with Gasteiger partial charge in [0.1, 0.15) is 5.60 Å². The van der Waals surface area contributed by atoms with E-state index in [1.165, 1.54) is 9.21 Å². The topological polar surface area (TPSA) is 67.8 Å². The molecule has 22 heavy (non-hydrogen) atoms. The van der Waals surface area contributed by atoms with E-state index >= 15 is 0 Å². The first-order valence-electron chi connectivity index (χ1n) is 7.86. The summed E-state index contributed by atoms with van der Waals surface area (Å²) >= 11 is 2.06. The van der Waals surface area contributed by atoms with Crippen molar-refractivity contribution in [3.63, 3.8) is 0 Å². The lowest BCUT2D eigenvalue weighted by atomic mass is 9.80. The van der Waals surface area contributed by atoms with Crippen LogP contribution in [0.5, 0.6) is 0 Å². The Balaban J connectivity index is 0.00000211. The number of alkyl carbamates (subject to hydrolysis) is 1. The van der Waals surface area contributed by atoms with Crippen LogP contribution in [-0.2, 0) is 8.92 Å². The molecule has 0 aromatic carbocycles. The zero-order valence-electron chi connectivity index (χ0n) is 14.3. The van der Waals surface area contributed by atoms with Crippen molar-refractivity contribution in [1.82, 2.24) is 5.32 Å². The molecule has 0 aliphatic heterocycles. The SMILES string of the molecule is CC.CC(C)(C)OC(=O)NC1CCC(O)(CCOSI)CC1. The van der Waals surface area contributed by atoms with Crippen LogP contribution in [-0.4, -0.2) is 35.1 Å². The van der Waals surface area contributed by atoms with E-state index in [0.29, 0.717) is 25.9 Å². The molecule has 0 aromatic rings. The van der Waals surface area contributed by atoms with E-state index in [-0.39, 0.29) is 12.1 Å². The lowest BCUT2D eigenvalue weighted by Crippen LogP contribution is -2.45. The van der Waals surface area contributed by atoms with Crippen LogP contribution in [0.25, 0.3) is 0 Å². The molecule has 2 N–H and O–H groups in total. The highest BCUT2D eigenvalue weighted by atomic mass is 127. The highest BCUT2D eigenvalue weighted by Crippen LogP contribution is 2.32. The lowest BCUT2D eigenvalue weighted by Gasteiger charge is -2.36. The van der Waals surface area contributed by atoms with Crippen LogP contribution < -0.4 is 5.32 Å². The van der Waals surface area contributed by atoms with Crippen LogP contribution in [0, 0.1) is 0 Å². The summed E-state index contributed by atoms with van der Waals surface area (Å²) in [4.78, 5) is 11.7. The Labute approximate surface area is 151 Å². The van der Waals surface area contributed by atoms with E-state index in [0.717, 1.165) is 12.8 Å². The zero-order valence-corrected chi connectivity index (χ0v) is 17.3. The smallest absolute Gasteiger partial charge is 0.407 e. The van der Waals surface area contributed by atoms with Crippen LogP contribution >= 0.6 is 30.4 Å². The first-order chi connectivity index (χ1) is 10.2. The van der Waals surface area contributed by atoms with Crippen molar-refractivity contribution in [3.8, 4) is 0 Å². The molecule has 5 nitrogen and oxygen atoms in total. The van der Waals surface area contributed by atoms with Crippen LogP contribution in [0.15, 0.2) is 0 Å². The molecule has 0 radical (unpaired) electrons. The molecule has 0 spiro atoms. The minimum Gasteiger partial charge on any atom is -0.444 e. The maximum Gasteiger partial charge on any atom is 0.407 e. The molecule has 1 saturated carbocycles. The summed E-state index contributed by atoms with van der Waals surface area (Å²) in [5.74, 6) is 0. The molecular weight excluding hydrogens is 417 g/mol. The Hall–Kier alpha value is 0.270. The number of ether oxygens (including phenoxy) is 1. The molecule has 0 heterocycles. The fraction of sp³-hybridized carbons (Fsp3) is 0.933. The van der Waals surface area contributed by atoms with E-state index in [9.17, 15) is 9.90 Å². The molecule has 132 valence electrons. The summed E-state index contributed by atoms with van der Waals surface area (Å²) in [5, 5.41) is 13.3. The van der Waals surface area contributed by atoms with Crippen molar-refractivity contribution in [2.75, 3.05) is 6.61 Å². The van der Waals surface area contributed by atoms with Gasteiger partial charge in [0.2, 0.25) is 0 Å². The maximum absolute atomic E-state index is 11.7. The molecule has 1 fully saturated rings. The maximum atomic E-state index is 11.7. The second-order valence-electron chi connectivity index (χ2n) is 6.28. The van der Waals surface area contributed by atoms with Gasteiger partial charge in [-0.2, -0.15) is 0 Å². The van der Waals surface area contributed by atoms with Gasteiger partial charge in [0.05, 0.1) is 21.4 Å². The van der Waals surface area contributed by atoms with Gasteiger partial charge in [0.25, 0.3) is 0 Å². The van der Waals surface area contributed by atoms with Gasteiger partial charge in [0.15, 0.2) is 0 Å². The van der Waals surface area contributed by atoms with Gasteiger partial charge < -0.3 is 19.3 Å². The van der Waals surface area contributed by atoms with E-state index < -0.39 is 11.2 Å². The lowest BCUT2D eigenvalue weighted by molar-refractivity contribution is -0.0202. The van der Waals surface area contributed by atoms with Crippen LogP contribution in [0.3, 0.4) is 0 Å². The average Bonchev–Trinajstić information content (AvgIpc) is 2.42. The predicted molar refractivity (Wildman–Crippen MR) is 100 cm³/mol. The minimum absolute atomic E-state index is 0.0880. The molecule has 0 unspecified atom stereocenters. The fourth-order valence-electron chi connectivity index (χ4n) is 2.29.